The van der Waals surface area contributed by atoms with E-state index in [0.717, 1.165) is 27.6 Å². The van der Waals surface area contributed by atoms with E-state index in [1.54, 1.807) is 26.3 Å². The first-order chi connectivity index (χ1) is 14.5. The molecular formula is C25H21NO3S. The molecule has 0 atom stereocenters. The quantitative estimate of drug-likeness (QED) is 0.480. The van der Waals surface area contributed by atoms with Gasteiger partial charge in [0.1, 0.15) is 10.4 Å². The highest BCUT2D eigenvalue weighted by Gasteiger charge is 2.08. The number of hydrogen-bond acceptors (Lipinski definition) is 4. The van der Waals surface area contributed by atoms with Gasteiger partial charge in [0.25, 0.3) is 5.56 Å². The van der Waals surface area contributed by atoms with Gasteiger partial charge in [0.15, 0.2) is 5.78 Å². The van der Waals surface area contributed by atoms with Crippen molar-refractivity contribution in [3.63, 3.8) is 0 Å². The molecule has 0 aliphatic carbocycles. The number of nitrogens with zero attached hydrogens (tertiary/aromatic N) is 1. The lowest BCUT2D eigenvalue weighted by molar-refractivity contribution is 0.106. The lowest BCUT2D eigenvalue weighted by Gasteiger charge is -2.03. The fourth-order valence-electron chi connectivity index (χ4n) is 3.36. The maximum Gasteiger partial charge on any atom is 0.268 e. The third kappa shape index (κ3) is 3.84. The first kappa shape index (κ1) is 19.9. The van der Waals surface area contributed by atoms with Crippen molar-refractivity contribution in [3.8, 4) is 5.75 Å². The molecule has 0 radical (unpaired) electrons. The smallest absolute Gasteiger partial charge is 0.268 e. The van der Waals surface area contributed by atoms with Crippen LogP contribution in [0.1, 0.15) is 21.5 Å². The highest BCUT2D eigenvalue weighted by molar-refractivity contribution is 7.07. The Bertz CT molecular complexity index is 1440. The van der Waals surface area contributed by atoms with Gasteiger partial charge in [-0.3, -0.25) is 9.59 Å². The summed E-state index contributed by atoms with van der Waals surface area (Å²) in [7, 11) is 3.34. The lowest BCUT2D eigenvalue weighted by Crippen LogP contribution is -2.29. The molecule has 0 aliphatic heterocycles. The van der Waals surface area contributed by atoms with Gasteiger partial charge < -0.3 is 9.30 Å². The summed E-state index contributed by atoms with van der Waals surface area (Å²) in [6.07, 6.45) is 3.41. The van der Waals surface area contributed by atoms with Crippen molar-refractivity contribution >= 4 is 40.0 Å². The number of hydrogen-bond donors (Lipinski definition) is 0. The van der Waals surface area contributed by atoms with Gasteiger partial charge in [0.05, 0.1) is 11.6 Å². The predicted molar refractivity (Wildman–Crippen MR) is 123 cm³/mol. The number of fused-ring (bicyclic) bond motifs is 1. The normalized spacial score (nSPS) is 12.5. The highest BCUT2D eigenvalue weighted by atomic mass is 32.1. The molecule has 0 spiro atoms. The van der Waals surface area contributed by atoms with E-state index < -0.39 is 0 Å². The third-order valence-electron chi connectivity index (χ3n) is 5.09. The van der Waals surface area contributed by atoms with Gasteiger partial charge in [-0.05, 0) is 53.1 Å². The fourth-order valence-corrected chi connectivity index (χ4v) is 4.39. The summed E-state index contributed by atoms with van der Waals surface area (Å²) >= 11 is 1.32. The molecule has 4 nitrogen and oxygen atoms in total. The summed E-state index contributed by atoms with van der Waals surface area (Å²) in [6.45, 7) is 1.91. The van der Waals surface area contributed by atoms with Crippen LogP contribution in [0.2, 0.25) is 0 Å². The Morgan fingerprint density at radius 2 is 1.77 bits per heavy atom. The molecule has 3 aromatic carbocycles. The van der Waals surface area contributed by atoms with Crippen molar-refractivity contribution in [2.45, 2.75) is 6.92 Å². The predicted octanol–water partition coefficient (Wildman–Crippen LogP) is 3.41. The molecule has 0 aliphatic rings. The molecule has 0 fully saturated rings. The summed E-state index contributed by atoms with van der Waals surface area (Å²) in [5, 5.41) is 2.14. The lowest BCUT2D eigenvalue weighted by atomic mass is 10.1. The van der Waals surface area contributed by atoms with Crippen LogP contribution in [0, 0.1) is 6.92 Å². The minimum absolute atomic E-state index is 0.101. The number of benzene rings is 3. The van der Waals surface area contributed by atoms with E-state index in [9.17, 15) is 9.59 Å². The minimum atomic E-state index is -0.112. The number of carbonyl (C=O) groups is 1. The van der Waals surface area contributed by atoms with E-state index in [1.807, 2.05) is 67.6 Å². The Labute approximate surface area is 178 Å². The van der Waals surface area contributed by atoms with E-state index in [0.29, 0.717) is 14.8 Å². The third-order valence-corrected chi connectivity index (χ3v) is 6.21. The summed E-state index contributed by atoms with van der Waals surface area (Å²) in [4.78, 5) is 25.4. The monoisotopic (exact) mass is 415 g/mol. The van der Waals surface area contributed by atoms with Crippen molar-refractivity contribution in [2.75, 3.05) is 7.11 Å². The van der Waals surface area contributed by atoms with Crippen molar-refractivity contribution in [2.24, 2.45) is 7.05 Å². The number of thiazole rings is 1. The van der Waals surface area contributed by atoms with Crippen LogP contribution in [0.15, 0.2) is 65.5 Å². The Hall–Kier alpha value is -3.44. The van der Waals surface area contributed by atoms with Crippen LogP contribution in [0.3, 0.4) is 0 Å². The largest absolute Gasteiger partial charge is 0.497 e. The zero-order valence-electron chi connectivity index (χ0n) is 17.0. The summed E-state index contributed by atoms with van der Waals surface area (Å²) in [5.41, 5.74) is 2.38. The number of ether oxygens (including phenoxy) is 1. The highest BCUT2D eigenvalue weighted by Crippen LogP contribution is 2.22. The van der Waals surface area contributed by atoms with Crippen LogP contribution in [0.5, 0.6) is 5.75 Å². The molecular weight excluding hydrogens is 394 g/mol. The van der Waals surface area contributed by atoms with Crippen LogP contribution in [0.4, 0.5) is 0 Å². The second kappa shape index (κ2) is 8.13. The van der Waals surface area contributed by atoms with Gasteiger partial charge in [0, 0.05) is 18.7 Å². The van der Waals surface area contributed by atoms with E-state index >= 15 is 0 Å². The minimum Gasteiger partial charge on any atom is -0.497 e. The van der Waals surface area contributed by atoms with E-state index in [-0.39, 0.29) is 11.3 Å². The molecule has 1 aromatic heterocycles. The van der Waals surface area contributed by atoms with Gasteiger partial charge in [-0.1, -0.05) is 42.5 Å². The zero-order valence-corrected chi connectivity index (χ0v) is 17.8. The summed E-state index contributed by atoms with van der Waals surface area (Å²) < 4.78 is 8.02. The van der Waals surface area contributed by atoms with Gasteiger partial charge >= 0.3 is 0 Å². The van der Waals surface area contributed by atoms with E-state index in [4.69, 9.17) is 4.74 Å². The Kier molecular flexibility index (Phi) is 5.38. The summed E-state index contributed by atoms with van der Waals surface area (Å²) in [5.74, 6) is 0.709. The van der Waals surface area contributed by atoms with Gasteiger partial charge in [0.2, 0.25) is 0 Å². The average molecular weight is 416 g/mol. The number of carbonyl (C=O) groups excluding carboxylic acids is 1. The van der Waals surface area contributed by atoms with Crippen LogP contribution in [-0.4, -0.2) is 17.5 Å². The maximum atomic E-state index is 12.7. The first-order valence-electron chi connectivity index (χ1n) is 9.53. The van der Waals surface area contributed by atoms with Gasteiger partial charge in [-0.25, -0.2) is 0 Å². The van der Waals surface area contributed by atoms with E-state index in [2.05, 4.69) is 0 Å². The standard InChI is InChI=1S/C25H21NO3S/c1-16-6-4-5-7-21(16)22(27)15-24-26(2)25(28)23(30-24)13-17-8-9-19-14-20(29-3)11-10-18(19)12-17/h4-15H,1-3H3/b23-13-,24-15-. The number of ketones is 1. The molecule has 0 amide bonds. The molecule has 0 bridgehead atoms. The molecule has 1 heterocycles. The second-order valence-corrected chi connectivity index (χ2v) is 8.17. The molecule has 5 heteroatoms. The number of aromatic nitrogens is 1. The first-order valence-corrected chi connectivity index (χ1v) is 10.3. The SMILES string of the molecule is COc1ccc2cc(/C=c3\s/c(=C\C(=O)c4ccccc4C)n(C)c3=O)ccc2c1. The van der Waals surface area contributed by atoms with Gasteiger partial charge in [-0.15, -0.1) is 11.3 Å². The van der Waals surface area contributed by atoms with Crippen LogP contribution in [-0.2, 0) is 7.05 Å². The Morgan fingerprint density at radius 3 is 2.53 bits per heavy atom. The number of aryl methyl sites for hydroxylation is 1. The van der Waals surface area contributed by atoms with Gasteiger partial charge in [-0.2, -0.15) is 0 Å². The number of Topliss-reactive ketones (excluding diaryl/α,β-unsaturated/α-hetero) is 1. The zero-order chi connectivity index (χ0) is 21.3. The second-order valence-electron chi connectivity index (χ2n) is 7.11. The Balaban J connectivity index is 1.77. The van der Waals surface area contributed by atoms with Crippen molar-refractivity contribution in [1.82, 2.24) is 4.57 Å². The molecule has 0 unspecified atom stereocenters. The molecule has 4 rings (SSSR count). The number of rotatable bonds is 4. The molecule has 0 saturated heterocycles. The van der Waals surface area contributed by atoms with Crippen molar-refractivity contribution in [1.29, 1.82) is 0 Å². The molecule has 0 saturated carbocycles. The number of methoxy groups -OCH3 is 1. The molecule has 30 heavy (non-hydrogen) atoms. The molecule has 4 aromatic rings. The van der Waals surface area contributed by atoms with Crippen LogP contribution < -0.4 is 19.5 Å². The Morgan fingerprint density at radius 1 is 1.03 bits per heavy atom. The van der Waals surface area contributed by atoms with Crippen molar-refractivity contribution in [3.05, 3.63) is 96.9 Å². The van der Waals surface area contributed by atoms with Crippen LogP contribution in [0.25, 0.3) is 22.9 Å². The molecule has 0 N–H and O–H groups in total. The fraction of sp³-hybridized carbons (Fsp3) is 0.120. The maximum absolute atomic E-state index is 12.7. The topological polar surface area (TPSA) is 48.3 Å². The van der Waals surface area contributed by atoms with Crippen molar-refractivity contribution < 1.29 is 9.53 Å². The average Bonchev–Trinajstić information content (AvgIpc) is 3.01. The molecule has 150 valence electrons. The summed E-state index contributed by atoms with van der Waals surface area (Å²) in [6, 6.07) is 19.4. The van der Waals surface area contributed by atoms with E-state index in [1.165, 1.54) is 15.9 Å². The van der Waals surface area contributed by atoms with Crippen LogP contribution >= 0.6 is 11.3 Å².